The number of carbonyl (C=O) groups excluding carboxylic acids is 1. The van der Waals surface area contributed by atoms with Gasteiger partial charge in [-0.25, -0.2) is 0 Å². The third-order valence-electron chi connectivity index (χ3n) is 9.82. The van der Waals surface area contributed by atoms with Crippen LogP contribution in [-0.4, -0.2) is 110 Å². The van der Waals surface area contributed by atoms with Crippen LogP contribution >= 0.6 is 0 Å². The molecule has 1 aliphatic heterocycles. The van der Waals surface area contributed by atoms with Crippen molar-refractivity contribution in [2.75, 3.05) is 13.2 Å². The number of hydrogen-bond acceptors (Lipinski definition) is 10. The Kier molecular flexibility index (Phi) is 28.4. The summed E-state index contributed by atoms with van der Waals surface area (Å²) in [5.74, 6) is -0.710. The largest absolute Gasteiger partial charge is 0.394 e. The average molecular weight is 718 g/mol. The maximum atomic E-state index is 13.0. The lowest BCUT2D eigenvalue weighted by Crippen LogP contribution is -2.60. The van der Waals surface area contributed by atoms with Gasteiger partial charge >= 0.3 is 0 Å². The molecule has 9 unspecified atom stereocenters. The van der Waals surface area contributed by atoms with Gasteiger partial charge in [-0.1, -0.05) is 135 Å². The molecule has 0 spiro atoms. The Morgan fingerprint density at radius 3 is 1.72 bits per heavy atom. The average Bonchev–Trinajstić information content (AvgIpc) is 3.11. The first kappa shape index (κ1) is 46.9. The molecule has 1 heterocycles. The molecule has 296 valence electrons. The molecule has 1 aliphatic rings. The first-order valence-corrected chi connectivity index (χ1v) is 20.1. The van der Waals surface area contributed by atoms with Crippen LogP contribution in [0.15, 0.2) is 12.2 Å². The van der Waals surface area contributed by atoms with Gasteiger partial charge in [0.1, 0.15) is 36.6 Å². The van der Waals surface area contributed by atoms with Gasteiger partial charge in [-0.2, -0.15) is 0 Å². The third kappa shape index (κ3) is 20.8. The van der Waals surface area contributed by atoms with Crippen molar-refractivity contribution in [3.8, 4) is 0 Å². The minimum atomic E-state index is -1.66. The van der Waals surface area contributed by atoms with E-state index in [1.165, 1.54) is 83.5 Å². The van der Waals surface area contributed by atoms with Crippen molar-refractivity contribution in [2.45, 2.75) is 217 Å². The molecule has 0 bridgehead atoms. The summed E-state index contributed by atoms with van der Waals surface area (Å²) in [5.41, 5.74) is 0. The van der Waals surface area contributed by atoms with E-state index in [0.717, 1.165) is 38.5 Å². The second-order valence-corrected chi connectivity index (χ2v) is 14.4. The fraction of sp³-hybridized carbons (Fsp3) is 0.923. The fourth-order valence-electron chi connectivity index (χ4n) is 6.38. The molecule has 8 N–H and O–H groups in total. The summed E-state index contributed by atoms with van der Waals surface area (Å²) in [6.07, 6.45) is 17.1. The van der Waals surface area contributed by atoms with Gasteiger partial charge in [0.15, 0.2) is 6.29 Å². The monoisotopic (exact) mass is 718 g/mol. The van der Waals surface area contributed by atoms with Crippen molar-refractivity contribution >= 4 is 5.91 Å². The van der Waals surface area contributed by atoms with Gasteiger partial charge in [0.05, 0.1) is 25.4 Å². The van der Waals surface area contributed by atoms with Gasteiger partial charge in [-0.15, -0.1) is 0 Å². The standard InChI is InChI=1S/C39H75NO10/c1-3-5-7-9-11-13-15-16-17-19-20-22-24-26-31(42)34(44)30(29-49-39-37(47)36(46)35(45)33(28-41)50-39)40-38(48)32(43)27-25-23-21-18-14-12-10-8-6-4-2/h19-20,30-37,39,41-47H,3-18,21-29H2,1-2H3,(H,40,48)/b20-19+. The summed E-state index contributed by atoms with van der Waals surface area (Å²) < 4.78 is 11.0. The molecule has 0 aliphatic carbocycles. The third-order valence-corrected chi connectivity index (χ3v) is 9.82. The molecule has 1 amide bonds. The quantitative estimate of drug-likeness (QED) is 0.0350. The summed E-state index contributed by atoms with van der Waals surface area (Å²) in [6.45, 7) is 3.37. The topological polar surface area (TPSA) is 189 Å². The number of aliphatic hydroxyl groups excluding tert-OH is 7. The summed E-state index contributed by atoms with van der Waals surface area (Å²) in [6, 6.07) is -1.18. The Morgan fingerprint density at radius 1 is 0.680 bits per heavy atom. The van der Waals surface area contributed by atoms with Crippen LogP contribution in [0.2, 0.25) is 0 Å². The van der Waals surface area contributed by atoms with Gasteiger partial charge in [-0.3, -0.25) is 4.79 Å². The summed E-state index contributed by atoms with van der Waals surface area (Å²) >= 11 is 0. The number of rotatable bonds is 32. The molecule has 1 rings (SSSR count). The molecule has 1 fully saturated rings. The zero-order valence-corrected chi connectivity index (χ0v) is 31.4. The second kappa shape index (κ2) is 30.3. The minimum Gasteiger partial charge on any atom is -0.394 e. The first-order valence-electron chi connectivity index (χ1n) is 20.1. The summed E-state index contributed by atoms with van der Waals surface area (Å²) in [7, 11) is 0. The molecule has 11 heteroatoms. The van der Waals surface area contributed by atoms with Gasteiger partial charge in [-0.05, 0) is 38.5 Å². The molecule has 9 atom stereocenters. The molecule has 1 saturated heterocycles. The van der Waals surface area contributed by atoms with Crippen LogP contribution in [-0.2, 0) is 14.3 Å². The highest BCUT2D eigenvalue weighted by atomic mass is 16.7. The molecular formula is C39H75NO10. The Balaban J connectivity index is 2.58. The van der Waals surface area contributed by atoms with Crippen LogP contribution in [0.3, 0.4) is 0 Å². The van der Waals surface area contributed by atoms with Gasteiger partial charge < -0.3 is 50.5 Å². The number of carbonyl (C=O) groups is 1. The van der Waals surface area contributed by atoms with E-state index in [1.54, 1.807) is 0 Å². The predicted molar refractivity (Wildman–Crippen MR) is 196 cm³/mol. The van der Waals surface area contributed by atoms with E-state index in [1.807, 2.05) is 0 Å². The van der Waals surface area contributed by atoms with E-state index >= 15 is 0 Å². The van der Waals surface area contributed by atoms with Crippen LogP contribution < -0.4 is 5.32 Å². The highest BCUT2D eigenvalue weighted by Gasteiger charge is 2.44. The van der Waals surface area contributed by atoms with E-state index in [9.17, 15) is 40.5 Å². The maximum Gasteiger partial charge on any atom is 0.249 e. The highest BCUT2D eigenvalue weighted by molar-refractivity contribution is 5.80. The van der Waals surface area contributed by atoms with E-state index in [0.29, 0.717) is 12.8 Å². The summed E-state index contributed by atoms with van der Waals surface area (Å²) in [4.78, 5) is 13.0. The van der Waals surface area contributed by atoms with E-state index in [2.05, 4.69) is 31.3 Å². The lowest BCUT2D eigenvalue weighted by atomic mass is 9.98. The molecule has 0 saturated carbocycles. The summed E-state index contributed by atoms with van der Waals surface area (Å²) in [5, 5.41) is 75.1. The first-order chi connectivity index (χ1) is 24.2. The van der Waals surface area contributed by atoms with Crippen molar-refractivity contribution in [1.29, 1.82) is 0 Å². The maximum absolute atomic E-state index is 13.0. The number of ether oxygens (including phenoxy) is 2. The van der Waals surface area contributed by atoms with Crippen LogP contribution in [0.5, 0.6) is 0 Å². The highest BCUT2D eigenvalue weighted by Crippen LogP contribution is 2.23. The lowest BCUT2D eigenvalue weighted by Gasteiger charge is -2.40. The van der Waals surface area contributed by atoms with Gasteiger partial charge in [0.25, 0.3) is 0 Å². The van der Waals surface area contributed by atoms with E-state index in [4.69, 9.17) is 9.47 Å². The molecule has 50 heavy (non-hydrogen) atoms. The van der Waals surface area contributed by atoms with Crippen LogP contribution in [0.1, 0.15) is 162 Å². The number of unbranched alkanes of at least 4 members (excludes halogenated alkanes) is 18. The Bertz CT molecular complexity index is 831. The molecule has 11 nitrogen and oxygen atoms in total. The number of hydrogen-bond donors (Lipinski definition) is 8. The van der Waals surface area contributed by atoms with Crippen LogP contribution in [0, 0.1) is 0 Å². The van der Waals surface area contributed by atoms with Crippen LogP contribution in [0.25, 0.3) is 0 Å². The van der Waals surface area contributed by atoms with E-state index < -0.39 is 74.2 Å². The molecule has 0 aromatic rings. The van der Waals surface area contributed by atoms with Gasteiger partial charge in [0, 0.05) is 0 Å². The zero-order chi connectivity index (χ0) is 37.0. The molecular weight excluding hydrogens is 642 g/mol. The van der Waals surface area contributed by atoms with Crippen molar-refractivity contribution in [3.05, 3.63) is 12.2 Å². The van der Waals surface area contributed by atoms with Crippen molar-refractivity contribution < 1.29 is 50.0 Å². The number of allylic oxidation sites excluding steroid dienone is 2. The Labute approximate surface area is 302 Å². The van der Waals surface area contributed by atoms with E-state index in [-0.39, 0.29) is 12.8 Å². The predicted octanol–water partition coefficient (Wildman–Crippen LogP) is 4.94. The Morgan fingerprint density at radius 2 is 1.18 bits per heavy atom. The number of nitrogens with one attached hydrogen (secondary N) is 1. The van der Waals surface area contributed by atoms with Gasteiger partial charge in [0.2, 0.25) is 5.91 Å². The number of aliphatic hydroxyl groups is 7. The van der Waals surface area contributed by atoms with Crippen LogP contribution in [0.4, 0.5) is 0 Å². The Hall–Kier alpha value is -1.15. The SMILES string of the molecule is CCCCCCCCCC/C=C/CCCC(O)C(O)C(COC1OC(CO)C(O)C(O)C1O)NC(=O)C(O)CCCCCCCCCCCC. The van der Waals surface area contributed by atoms with Crippen molar-refractivity contribution in [3.63, 3.8) is 0 Å². The molecule has 0 radical (unpaired) electrons. The lowest BCUT2D eigenvalue weighted by molar-refractivity contribution is -0.303. The fourth-order valence-corrected chi connectivity index (χ4v) is 6.38. The van der Waals surface area contributed by atoms with Crippen molar-refractivity contribution in [1.82, 2.24) is 5.32 Å². The normalized spacial score (nSPS) is 23.6. The molecule has 0 aromatic heterocycles. The second-order valence-electron chi connectivity index (χ2n) is 14.4. The smallest absolute Gasteiger partial charge is 0.249 e. The van der Waals surface area contributed by atoms with Crippen molar-refractivity contribution in [2.24, 2.45) is 0 Å². The zero-order valence-electron chi connectivity index (χ0n) is 31.4. The molecule has 0 aromatic carbocycles. The number of amides is 1. The minimum absolute atomic E-state index is 0.257.